The van der Waals surface area contributed by atoms with Gasteiger partial charge in [0.15, 0.2) is 5.13 Å². The second-order valence-corrected chi connectivity index (χ2v) is 7.77. The summed E-state index contributed by atoms with van der Waals surface area (Å²) in [5, 5.41) is 0.697. The Morgan fingerprint density at radius 2 is 1.86 bits per heavy atom. The first-order valence-corrected chi connectivity index (χ1v) is 9.26. The van der Waals surface area contributed by atoms with E-state index >= 15 is 0 Å². The highest BCUT2D eigenvalue weighted by Gasteiger charge is 2.23. The zero-order valence-electron chi connectivity index (χ0n) is 13.0. The Hall–Kier alpha value is -0.650. The van der Waals surface area contributed by atoms with E-state index in [9.17, 15) is 0 Å². The van der Waals surface area contributed by atoms with Gasteiger partial charge in [0, 0.05) is 30.7 Å². The fourth-order valence-corrected chi connectivity index (χ4v) is 4.47. The zero-order chi connectivity index (χ0) is 14.5. The van der Waals surface area contributed by atoms with Crippen molar-refractivity contribution in [1.82, 2.24) is 14.8 Å². The average molecular weight is 308 g/mol. The van der Waals surface area contributed by atoms with Gasteiger partial charge in [-0.05, 0) is 51.2 Å². The molecule has 0 radical (unpaired) electrons. The number of nitrogens with zero attached hydrogens (tertiary/aromatic N) is 3. The van der Waals surface area contributed by atoms with Crippen molar-refractivity contribution in [2.75, 3.05) is 38.5 Å². The highest BCUT2D eigenvalue weighted by molar-refractivity contribution is 7.15. The van der Waals surface area contributed by atoms with Gasteiger partial charge in [0.05, 0.1) is 0 Å². The van der Waals surface area contributed by atoms with E-state index in [0.717, 1.165) is 12.5 Å². The number of piperidine rings is 1. The van der Waals surface area contributed by atoms with Crippen LogP contribution in [-0.2, 0) is 6.54 Å². The topological polar surface area (TPSA) is 45.4 Å². The van der Waals surface area contributed by atoms with E-state index in [1.165, 1.54) is 76.1 Å². The molecule has 5 heteroatoms. The van der Waals surface area contributed by atoms with Gasteiger partial charge in [-0.15, -0.1) is 11.3 Å². The maximum Gasteiger partial charge on any atom is 0.180 e. The van der Waals surface area contributed by atoms with Crippen molar-refractivity contribution in [3.8, 4) is 0 Å². The molecule has 2 N–H and O–H groups in total. The number of nitrogen functional groups attached to an aromatic ring is 1. The summed E-state index contributed by atoms with van der Waals surface area (Å²) >= 11 is 1.64. The summed E-state index contributed by atoms with van der Waals surface area (Å²) in [6.07, 6.45) is 10.3. The molecule has 0 bridgehead atoms. The van der Waals surface area contributed by atoms with Gasteiger partial charge >= 0.3 is 0 Å². The molecule has 2 aliphatic rings. The second-order valence-electron chi connectivity index (χ2n) is 6.62. The van der Waals surface area contributed by atoms with Crippen LogP contribution in [-0.4, -0.2) is 47.5 Å². The summed E-state index contributed by atoms with van der Waals surface area (Å²) in [6, 6.07) is 0. The number of nitrogens with two attached hydrogens (primary N) is 1. The minimum atomic E-state index is 0.697. The zero-order valence-corrected chi connectivity index (χ0v) is 13.8. The summed E-state index contributed by atoms with van der Waals surface area (Å²) in [7, 11) is 0. The Kier molecular flexibility index (Phi) is 5.49. The van der Waals surface area contributed by atoms with Gasteiger partial charge in [-0.25, -0.2) is 4.98 Å². The highest BCUT2D eigenvalue weighted by Crippen LogP contribution is 2.23. The number of aromatic nitrogens is 1. The van der Waals surface area contributed by atoms with Crippen molar-refractivity contribution in [3.05, 3.63) is 11.1 Å². The van der Waals surface area contributed by atoms with Crippen molar-refractivity contribution in [1.29, 1.82) is 0 Å². The third kappa shape index (κ3) is 4.66. The first-order chi connectivity index (χ1) is 10.3. The van der Waals surface area contributed by atoms with E-state index in [-0.39, 0.29) is 0 Å². The van der Waals surface area contributed by atoms with Crippen LogP contribution in [0, 0.1) is 5.92 Å². The first-order valence-electron chi connectivity index (χ1n) is 8.44. The predicted octanol–water partition coefficient (Wildman–Crippen LogP) is 2.81. The van der Waals surface area contributed by atoms with Gasteiger partial charge in [-0.1, -0.05) is 12.8 Å². The van der Waals surface area contributed by atoms with Crippen LogP contribution >= 0.6 is 11.3 Å². The third-order valence-electron chi connectivity index (χ3n) is 4.77. The summed E-state index contributed by atoms with van der Waals surface area (Å²) in [6.45, 7) is 7.46. The Morgan fingerprint density at radius 3 is 2.57 bits per heavy atom. The molecule has 2 saturated heterocycles. The lowest BCUT2D eigenvalue weighted by Gasteiger charge is -2.35. The van der Waals surface area contributed by atoms with Gasteiger partial charge in [-0.2, -0.15) is 0 Å². The van der Waals surface area contributed by atoms with E-state index in [4.69, 9.17) is 5.73 Å². The van der Waals surface area contributed by atoms with E-state index in [1.807, 2.05) is 6.20 Å². The molecule has 3 rings (SSSR count). The molecule has 0 aliphatic carbocycles. The minimum absolute atomic E-state index is 0.697. The number of thiazole rings is 1. The Labute approximate surface area is 132 Å². The number of anilines is 1. The van der Waals surface area contributed by atoms with Crippen molar-refractivity contribution in [2.24, 2.45) is 5.92 Å². The van der Waals surface area contributed by atoms with Crippen LogP contribution in [0.3, 0.4) is 0 Å². The lowest BCUT2D eigenvalue weighted by Crippen LogP contribution is -2.40. The van der Waals surface area contributed by atoms with E-state index in [1.54, 1.807) is 11.3 Å². The molecule has 1 aromatic rings. The number of rotatable bonds is 4. The SMILES string of the molecule is Nc1ncc(CN2CCCC(CN3CCCCCC3)C2)s1. The molecule has 1 aromatic heterocycles. The molecular formula is C16H28N4S. The molecule has 4 nitrogen and oxygen atoms in total. The van der Waals surface area contributed by atoms with Gasteiger partial charge < -0.3 is 10.6 Å². The van der Waals surface area contributed by atoms with Crippen LogP contribution in [0.25, 0.3) is 0 Å². The minimum Gasteiger partial charge on any atom is -0.375 e. The first kappa shape index (κ1) is 15.3. The largest absolute Gasteiger partial charge is 0.375 e. The summed E-state index contributed by atoms with van der Waals surface area (Å²) in [5.74, 6) is 0.849. The summed E-state index contributed by atoms with van der Waals surface area (Å²) in [5.41, 5.74) is 5.73. The molecule has 1 unspecified atom stereocenters. The maximum atomic E-state index is 5.73. The van der Waals surface area contributed by atoms with Crippen molar-refractivity contribution in [3.63, 3.8) is 0 Å². The van der Waals surface area contributed by atoms with Crippen LogP contribution in [0.15, 0.2) is 6.20 Å². The molecule has 2 aliphatic heterocycles. The Bertz CT molecular complexity index is 426. The standard InChI is InChI=1S/C16H28N4S/c17-16-18-10-15(21-16)13-20-9-5-6-14(12-20)11-19-7-3-1-2-4-8-19/h10,14H,1-9,11-13H2,(H2,17,18). The Balaban J connectivity index is 1.48. The Morgan fingerprint density at radius 1 is 1.10 bits per heavy atom. The van der Waals surface area contributed by atoms with Gasteiger partial charge in [-0.3, -0.25) is 4.90 Å². The van der Waals surface area contributed by atoms with Crippen LogP contribution in [0.4, 0.5) is 5.13 Å². The van der Waals surface area contributed by atoms with Crippen molar-refractivity contribution in [2.45, 2.75) is 45.1 Å². The number of likely N-dealkylation sites (tertiary alicyclic amines) is 2. The normalized spacial score (nSPS) is 25.8. The van der Waals surface area contributed by atoms with Crippen molar-refractivity contribution < 1.29 is 0 Å². The van der Waals surface area contributed by atoms with E-state index in [2.05, 4.69) is 14.8 Å². The molecule has 0 aromatic carbocycles. The molecule has 0 spiro atoms. The molecule has 2 fully saturated rings. The summed E-state index contributed by atoms with van der Waals surface area (Å²) < 4.78 is 0. The molecule has 1 atom stereocenters. The van der Waals surface area contributed by atoms with Crippen LogP contribution in [0.5, 0.6) is 0 Å². The van der Waals surface area contributed by atoms with Crippen LogP contribution in [0.2, 0.25) is 0 Å². The van der Waals surface area contributed by atoms with Crippen molar-refractivity contribution >= 4 is 16.5 Å². The monoisotopic (exact) mass is 308 g/mol. The van der Waals surface area contributed by atoms with Gasteiger partial charge in [0.1, 0.15) is 0 Å². The van der Waals surface area contributed by atoms with E-state index < -0.39 is 0 Å². The van der Waals surface area contributed by atoms with E-state index in [0.29, 0.717) is 5.13 Å². The summed E-state index contributed by atoms with van der Waals surface area (Å²) in [4.78, 5) is 10.8. The molecule has 3 heterocycles. The second kappa shape index (κ2) is 7.56. The highest BCUT2D eigenvalue weighted by atomic mass is 32.1. The van der Waals surface area contributed by atoms with Crippen LogP contribution < -0.4 is 5.73 Å². The number of hydrogen-bond donors (Lipinski definition) is 1. The smallest absolute Gasteiger partial charge is 0.180 e. The molecular weight excluding hydrogens is 280 g/mol. The number of hydrogen-bond acceptors (Lipinski definition) is 5. The fraction of sp³-hybridized carbons (Fsp3) is 0.812. The predicted molar refractivity (Wildman–Crippen MR) is 89.4 cm³/mol. The average Bonchev–Trinajstić information content (AvgIpc) is 2.73. The van der Waals surface area contributed by atoms with Gasteiger partial charge in [0.25, 0.3) is 0 Å². The molecule has 0 saturated carbocycles. The molecule has 0 amide bonds. The fourth-order valence-electron chi connectivity index (χ4n) is 3.74. The quantitative estimate of drug-likeness (QED) is 0.929. The molecule has 21 heavy (non-hydrogen) atoms. The lowest BCUT2D eigenvalue weighted by atomic mass is 9.97. The maximum absolute atomic E-state index is 5.73. The van der Waals surface area contributed by atoms with Crippen LogP contribution in [0.1, 0.15) is 43.4 Å². The molecule has 118 valence electrons. The third-order valence-corrected chi connectivity index (χ3v) is 5.58. The van der Waals surface area contributed by atoms with Gasteiger partial charge in [0.2, 0.25) is 0 Å². The lowest BCUT2D eigenvalue weighted by molar-refractivity contribution is 0.130.